The lowest BCUT2D eigenvalue weighted by atomic mass is 9.81. The van der Waals surface area contributed by atoms with E-state index in [9.17, 15) is 9.59 Å². The monoisotopic (exact) mass is 274 g/mol. The summed E-state index contributed by atoms with van der Waals surface area (Å²) in [4.78, 5) is 25.0. The van der Waals surface area contributed by atoms with Crippen LogP contribution in [0.4, 0.5) is 0 Å². The van der Waals surface area contributed by atoms with Gasteiger partial charge >= 0.3 is 0 Å². The average Bonchev–Trinajstić information content (AvgIpc) is 2.96. The van der Waals surface area contributed by atoms with Crippen molar-refractivity contribution in [2.24, 2.45) is 11.8 Å². The third-order valence-electron chi connectivity index (χ3n) is 5.65. The molecule has 0 aromatic carbocycles. The van der Waals surface area contributed by atoms with E-state index in [-0.39, 0.29) is 35.6 Å². The van der Waals surface area contributed by atoms with Gasteiger partial charge in [0.1, 0.15) is 0 Å². The molecule has 4 heteroatoms. The topological polar surface area (TPSA) is 58.2 Å². The van der Waals surface area contributed by atoms with Gasteiger partial charge in [-0.3, -0.25) is 9.59 Å². The van der Waals surface area contributed by atoms with Gasteiger partial charge in [-0.05, 0) is 25.7 Å². The van der Waals surface area contributed by atoms with Gasteiger partial charge < -0.3 is 10.6 Å². The summed E-state index contributed by atoms with van der Waals surface area (Å²) < 4.78 is 0. The van der Waals surface area contributed by atoms with E-state index >= 15 is 0 Å². The number of ketones is 1. The Morgan fingerprint density at radius 2 is 1.35 bits per heavy atom. The highest BCUT2D eigenvalue weighted by atomic mass is 16.2. The molecule has 20 heavy (non-hydrogen) atoms. The van der Waals surface area contributed by atoms with Crippen LogP contribution in [0, 0.1) is 11.8 Å². The Labute approximate surface area is 119 Å². The van der Waals surface area contributed by atoms with Crippen molar-refractivity contribution >= 4 is 11.7 Å². The average molecular weight is 274 g/mol. The van der Waals surface area contributed by atoms with Crippen LogP contribution in [0.3, 0.4) is 0 Å². The Hall–Kier alpha value is -1.32. The Morgan fingerprint density at radius 3 is 2.05 bits per heavy atom. The summed E-state index contributed by atoms with van der Waals surface area (Å²) in [5.74, 6) is 0.618. The molecule has 0 aromatic rings. The van der Waals surface area contributed by atoms with E-state index in [4.69, 9.17) is 0 Å². The first-order chi connectivity index (χ1) is 9.75. The summed E-state index contributed by atoms with van der Waals surface area (Å²) in [5, 5.41) is 6.51. The molecule has 2 aliphatic heterocycles. The summed E-state index contributed by atoms with van der Waals surface area (Å²) in [6.07, 6.45) is 8.88. The van der Waals surface area contributed by atoms with E-state index in [1.54, 1.807) is 0 Å². The molecular formula is C16H22N2O2. The van der Waals surface area contributed by atoms with E-state index in [1.165, 1.54) is 19.3 Å². The van der Waals surface area contributed by atoms with Gasteiger partial charge in [0, 0.05) is 29.5 Å². The van der Waals surface area contributed by atoms with Crippen LogP contribution in [-0.2, 0) is 9.59 Å². The summed E-state index contributed by atoms with van der Waals surface area (Å²) in [6, 6.07) is 0.560. The van der Waals surface area contributed by atoms with Crippen molar-refractivity contribution < 1.29 is 9.59 Å². The van der Waals surface area contributed by atoms with E-state index in [2.05, 4.69) is 10.6 Å². The highest BCUT2D eigenvalue weighted by molar-refractivity contribution is 6.09. The summed E-state index contributed by atoms with van der Waals surface area (Å²) in [6.45, 7) is 0. The lowest BCUT2D eigenvalue weighted by molar-refractivity contribution is -0.120. The zero-order valence-corrected chi connectivity index (χ0v) is 11.8. The van der Waals surface area contributed by atoms with Crippen LogP contribution in [0.2, 0.25) is 0 Å². The predicted octanol–water partition coefficient (Wildman–Crippen LogP) is 1.66. The number of rotatable bonds is 0. The fourth-order valence-electron chi connectivity index (χ4n) is 4.63. The Kier molecular flexibility index (Phi) is 2.86. The molecule has 0 spiro atoms. The molecular weight excluding hydrogens is 252 g/mol. The first-order valence-electron chi connectivity index (χ1n) is 8.11. The number of Topliss-reactive ketones (excluding diaryl/α,β-unsaturated/α-hetero) is 1. The Bertz CT molecular complexity index is 497. The second-order valence-corrected chi connectivity index (χ2v) is 6.77. The Morgan fingerprint density at radius 1 is 0.750 bits per heavy atom. The van der Waals surface area contributed by atoms with Crippen molar-refractivity contribution in [3.8, 4) is 0 Å². The number of hydrogen-bond donors (Lipinski definition) is 2. The maximum atomic E-state index is 12.6. The molecule has 4 rings (SSSR count). The minimum Gasteiger partial charge on any atom is -0.378 e. The van der Waals surface area contributed by atoms with Crippen LogP contribution >= 0.6 is 0 Å². The molecule has 4 nitrogen and oxygen atoms in total. The van der Waals surface area contributed by atoms with E-state index < -0.39 is 0 Å². The van der Waals surface area contributed by atoms with Gasteiger partial charge in [0.15, 0.2) is 5.78 Å². The van der Waals surface area contributed by atoms with Gasteiger partial charge in [-0.1, -0.05) is 25.7 Å². The number of allylic oxidation sites excluding steroid dienone is 1. The molecule has 2 heterocycles. The predicted molar refractivity (Wildman–Crippen MR) is 74.8 cm³/mol. The number of hydrogen-bond acceptors (Lipinski definition) is 3. The number of nitrogens with one attached hydrogen (secondary N) is 2. The van der Waals surface area contributed by atoms with Gasteiger partial charge in [-0.25, -0.2) is 0 Å². The van der Waals surface area contributed by atoms with Crippen LogP contribution in [0.25, 0.3) is 0 Å². The SMILES string of the molecule is O=C1NC2CCCCC2/C1=C1/NC2CCCCC2C1=O. The summed E-state index contributed by atoms with van der Waals surface area (Å²) >= 11 is 0. The highest BCUT2D eigenvalue weighted by Gasteiger charge is 2.47. The first kappa shape index (κ1) is 12.4. The molecule has 4 atom stereocenters. The maximum absolute atomic E-state index is 12.6. The molecule has 108 valence electrons. The largest absolute Gasteiger partial charge is 0.378 e. The normalized spacial score (nSPS) is 43.8. The fraction of sp³-hybridized carbons (Fsp3) is 0.750. The standard InChI is InChI=1S/C16H22N2O2/c19-15-10-6-2-4-8-12(10)17-14(15)13-9-5-1-3-7-11(9)18-16(13)20/h9-12,17H,1-8H2,(H,18,20)/b14-13-. The number of carbonyl (C=O) groups excluding carboxylic acids is 2. The molecule has 2 saturated heterocycles. The van der Waals surface area contributed by atoms with Crippen molar-refractivity contribution in [3.63, 3.8) is 0 Å². The Balaban J connectivity index is 1.70. The minimum atomic E-state index is 0.0106. The van der Waals surface area contributed by atoms with E-state index in [0.29, 0.717) is 5.70 Å². The van der Waals surface area contributed by atoms with Crippen LogP contribution in [0.5, 0.6) is 0 Å². The second kappa shape index (κ2) is 4.61. The van der Waals surface area contributed by atoms with Gasteiger partial charge in [0.05, 0.1) is 5.70 Å². The van der Waals surface area contributed by atoms with Crippen molar-refractivity contribution in [3.05, 3.63) is 11.3 Å². The maximum Gasteiger partial charge on any atom is 0.250 e. The number of amides is 1. The van der Waals surface area contributed by atoms with Crippen LogP contribution in [0.1, 0.15) is 51.4 Å². The van der Waals surface area contributed by atoms with Crippen LogP contribution in [-0.4, -0.2) is 23.8 Å². The molecule has 0 bridgehead atoms. The number of fused-ring (bicyclic) bond motifs is 2. The van der Waals surface area contributed by atoms with Crippen molar-refractivity contribution in [1.82, 2.24) is 10.6 Å². The molecule has 2 aliphatic carbocycles. The van der Waals surface area contributed by atoms with Crippen LogP contribution in [0.15, 0.2) is 11.3 Å². The lowest BCUT2D eigenvalue weighted by Gasteiger charge is -2.24. The minimum absolute atomic E-state index is 0.0106. The lowest BCUT2D eigenvalue weighted by Crippen LogP contribution is -2.31. The summed E-state index contributed by atoms with van der Waals surface area (Å²) in [7, 11) is 0. The molecule has 4 aliphatic rings. The zero-order chi connectivity index (χ0) is 13.7. The van der Waals surface area contributed by atoms with Crippen molar-refractivity contribution in [2.45, 2.75) is 63.5 Å². The van der Waals surface area contributed by atoms with Gasteiger partial charge in [0.25, 0.3) is 0 Å². The van der Waals surface area contributed by atoms with Gasteiger partial charge in [-0.2, -0.15) is 0 Å². The third kappa shape index (κ3) is 1.73. The quantitative estimate of drug-likeness (QED) is 0.661. The second-order valence-electron chi connectivity index (χ2n) is 6.77. The number of carbonyl (C=O) groups is 2. The van der Waals surface area contributed by atoms with Crippen molar-refractivity contribution in [2.75, 3.05) is 0 Å². The van der Waals surface area contributed by atoms with E-state index in [0.717, 1.165) is 37.7 Å². The third-order valence-corrected chi connectivity index (χ3v) is 5.65. The highest BCUT2D eigenvalue weighted by Crippen LogP contribution is 2.40. The zero-order valence-electron chi connectivity index (χ0n) is 11.8. The molecule has 4 fully saturated rings. The fourth-order valence-corrected chi connectivity index (χ4v) is 4.63. The molecule has 1 amide bonds. The van der Waals surface area contributed by atoms with Gasteiger partial charge in [0.2, 0.25) is 5.91 Å². The molecule has 0 aromatic heterocycles. The van der Waals surface area contributed by atoms with Gasteiger partial charge in [-0.15, -0.1) is 0 Å². The summed E-state index contributed by atoms with van der Waals surface area (Å²) in [5.41, 5.74) is 1.46. The molecule has 2 saturated carbocycles. The molecule has 4 unspecified atom stereocenters. The van der Waals surface area contributed by atoms with Crippen LogP contribution < -0.4 is 10.6 Å². The smallest absolute Gasteiger partial charge is 0.250 e. The molecule has 2 N–H and O–H groups in total. The van der Waals surface area contributed by atoms with E-state index in [1.807, 2.05) is 0 Å². The van der Waals surface area contributed by atoms with Crippen molar-refractivity contribution in [1.29, 1.82) is 0 Å². The molecule has 0 radical (unpaired) electrons. The first-order valence-corrected chi connectivity index (χ1v) is 8.11.